The van der Waals surface area contributed by atoms with E-state index >= 15 is 0 Å². The van der Waals surface area contributed by atoms with Gasteiger partial charge in [0.1, 0.15) is 29.0 Å². The number of nitrogens with zero attached hydrogens (tertiary/aromatic N) is 4. The number of aliphatic imine (C=N–C) groups is 1. The van der Waals surface area contributed by atoms with Gasteiger partial charge in [-0.15, -0.1) is 10.2 Å². The number of carbonyl (C=O) groups excluding carboxylic acids is 2. The van der Waals surface area contributed by atoms with Gasteiger partial charge in [0.2, 0.25) is 0 Å². The Bertz CT molecular complexity index is 1730. The summed E-state index contributed by atoms with van der Waals surface area (Å²) in [6.45, 7) is 13.9. The van der Waals surface area contributed by atoms with Gasteiger partial charge in [0.25, 0.3) is 0 Å². The Kier molecular flexibility index (Phi) is 21.4. The number of aromatic nitrogens is 3. The molecule has 0 spiro atoms. The van der Waals surface area contributed by atoms with Crippen LogP contribution in [0.4, 0.5) is 0 Å². The monoisotopic (exact) mass is 844 g/mol. The molecule has 4 rings (SSSR count). The molecule has 0 saturated carbocycles. The normalized spacial score (nSPS) is 13.7. The molecule has 1 aromatic heterocycles. The SMILES string of the molecule is COc1ccc2c(c1)C(c1ccc(Cl)cc1)=N[C@@H](CC(=O)CCCOCCOCCOCCOCCOCCOCCOCCCC(=O)OC(C)(C)C)c1nnc(C)n1-2. The van der Waals surface area contributed by atoms with E-state index in [0.29, 0.717) is 141 Å². The largest absolute Gasteiger partial charge is 0.497 e. The number of Topliss-reactive ketones (excluding diaryl/α,β-unsaturated/α-hetero) is 1. The van der Waals surface area contributed by atoms with Gasteiger partial charge in [0.15, 0.2) is 5.82 Å². The summed E-state index contributed by atoms with van der Waals surface area (Å²) in [6.07, 6.45) is 2.08. The van der Waals surface area contributed by atoms with Crippen molar-refractivity contribution in [3.8, 4) is 11.4 Å². The molecule has 0 radical (unpaired) electrons. The Morgan fingerprint density at radius 2 is 1.20 bits per heavy atom. The number of aryl methyl sites for hydroxylation is 1. The van der Waals surface area contributed by atoms with Crippen molar-refractivity contribution in [3.63, 3.8) is 0 Å². The Hall–Kier alpha value is -3.80. The van der Waals surface area contributed by atoms with E-state index in [9.17, 15) is 9.59 Å². The minimum atomic E-state index is -0.532. The molecule has 0 unspecified atom stereocenters. The third kappa shape index (κ3) is 17.8. The van der Waals surface area contributed by atoms with Gasteiger partial charge in [-0.05, 0) is 70.9 Å². The summed E-state index contributed by atoms with van der Waals surface area (Å²) in [5, 5.41) is 9.43. The molecule has 2 aromatic carbocycles. The maximum absolute atomic E-state index is 13.3. The van der Waals surface area contributed by atoms with E-state index in [0.717, 1.165) is 22.5 Å². The zero-order chi connectivity index (χ0) is 42.3. The lowest BCUT2D eigenvalue weighted by molar-refractivity contribution is -0.155. The van der Waals surface area contributed by atoms with E-state index in [-0.39, 0.29) is 18.2 Å². The Balaban J connectivity index is 0.982. The van der Waals surface area contributed by atoms with Crippen molar-refractivity contribution in [3.05, 3.63) is 70.3 Å². The van der Waals surface area contributed by atoms with Crippen molar-refractivity contribution in [2.45, 2.75) is 71.4 Å². The van der Waals surface area contributed by atoms with Crippen LogP contribution in [0.5, 0.6) is 5.75 Å². The number of halogens is 1. The standard InChI is InChI=1S/C43H61ClN4O11/c1-32-46-47-42-38(45-41(33-10-12-34(44)13-11-33)37-31-36(51-5)14-15-39(37)48(32)42)30-35(49)8-6-16-52-18-20-54-22-24-56-26-28-58-29-27-57-25-23-55-21-19-53-17-7-9-40(50)59-43(2,3)4/h10-15,31,38H,6-9,16-30H2,1-5H3/t38-/m0/s1. The highest BCUT2D eigenvalue weighted by Crippen LogP contribution is 2.34. The Morgan fingerprint density at radius 3 is 1.71 bits per heavy atom. The number of hydrogen-bond acceptors (Lipinski definition) is 14. The van der Waals surface area contributed by atoms with E-state index in [1.165, 1.54) is 0 Å². The van der Waals surface area contributed by atoms with Crippen molar-refractivity contribution < 1.29 is 52.2 Å². The molecule has 3 aromatic rings. The Morgan fingerprint density at radius 1 is 0.695 bits per heavy atom. The van der Waals surface area contributed by atoms with Crippen LogP contribution >= 0.6 is 11.6 Å². The minimum absolute atomic E-state index is 0.0627. The molecule has 0 bridgehead atoms. The van der Waals surface area contributed by atoms with Crippen LogP contribution < -0.4 is 4.74 Å². The average Bonchev–Trinajstić information content (AvgIpc) is 3.53. The molecule has 15 nitrogen and oxygen atoms in total. The highest BCUT2D eigenvalue weighted by atomic mass is 35.5. The van der Waals surface area contributed by atoms with Crippen LogP contribution in [0.15, 0.2) is 47.5 Å². The zero-order valence-electron chi connectivity index (χ0n) is 35.2. The Labute approximate surface area is 352 Å². The third-order valence-corrected chi connectivity index (χ3v) is 8.99. The quantitative estimate of drug-likeness (QED) is 0.0560. The number of fused-ring (bicyclic) bond motifs is 3. The van der Waals surface area contributed by atoms with Gasteiger partial charge >= 0.3 is 5.97 Å². The summed E-state index contributed by atoms with van der Waals surface area (Å²) >= 11 is 6.21. The molecule has 16 heteroatoms. The molecular formula is C43H61ClN4O11. The van der Waals surface area contributed by atoms with E-state index in [1.54, 1.807) is 7.11 Å². The second-order valence-corrected chi connectivity index (χ2v) is 15.1. The van der Waals surface area contributed by atoms with E-state index in [1.807, 2.05) is 74.7 Å². The van der Waals surface area contributed by atoms with Crippen molar-refractivity contribution in [2.24, 2.45) is 4.99 Å². The summed E-state index contributed by atoms with van der Waals surface area (Å²) in [7, 11) is 1.63. The van der Waals surface area contributed by atoms with Gasteiger partial charge in [-0.25, -0.2) is 0 Å². The number of rotatable bonds is 30. The number of carbonyl (C=O) groups is 2. The molecule has 1 aliphatic rings. The zero-order valence-corrected chi connectivity index (χ0v) is 36.0. The maximum atomic E-state index is 13.3. The molecule has 0 amide bonds. The number of esters is 1. The smallest absolute Gasteiger partial charge is 0.306 e. The topological polar surface area (TPSA) is 160 Å². The van der Waals surface area contributed by atoms with Crippen LogP contribution in [0.2, 0.25) is 5.02 Å². The second-order valence-electron chi connectivity index (χ2n) is 14.6. The fourth-order valence-corrected chi connectivity index (χ4v) is 6.12. The molecule has 0 aliphatic carbocycles. The molecular weight excluding hydrogens is 784 g/mol. The summed E-state index contributed by atoms with van der Waals surface area (Å²) < 4.78 is 51.6. The van der Waals surface area contributed by atoms with Crippen LogP contribution in [-0.4, -0.2) is 137 Å². The number of ether oxygens (including phenoxy) is 9. The molecule has 1 aliphatic heterocycles. The third-order valence-electron chi connectivity index (χ3n) is 8.74. The summed E-state index contributed by atoms with van der Waals surface area (Å²) in [5.41, 5.74) is 2.86. The average molecular weight is 845 g/mol. The highest BCUT2D eigenvalue weighted by Gasteiger charge is 2.30. The molecule has 326 valence electrons. The molecule has 0 fully saturated rings. The first-order valence-electron chi connectivity index (χ1n) is 20.3. The number of ketones is 1. The number of methoxy groups -OCH3 is 1. The molecule has 2 heterocycles. The van der Waals surface area contributed by atoms with Crippen LogP contribution in [0.3, 0.4) is 0 Å². The first kappa shape index (κ1) is 47.9. The fraction of sp³-hybridized carbons (Fsp3) is 0.605. The lowest BCUT2D eigenvalue weighted by Gasteiger charge is -2.19. The first-order valence-corrected chi connectivity index (χ1v) is 20.7. The molecule has 59 heavy (non-hydrogen) atoms. The van der Waals surface area contributed by atoms with Crippen LogP contribution in [0.25, 0.3) is 5.69 Å². The first-order chi connectivity index (χ1) is 28.6. The summed E-state index contributed by atoms with van der Waals surface area (Å²) in [6, 6.07) is 12.8. The van der Waals surface area contributed by atoms with Gasteiger partial charge in [-0.2, -0.15) is 0 Å². The predicted molar refractivity (Wildman–Crippen MR) is 222 cm³/mol. The lowest BCUT2D eigenvalue weighted by Crippen LogP contribution is -2.23. The van der Waals surface area contributed by atoms with Crippen molar-refractivity contribution in [1.29, 1.82) is 0 Å². The summed E-state index contributed by atoms with van der Waals surface area (Å²) in [4.78, 5) is 30.1. The van der Waals surface area contributed by atoms with E-state index in [2.05, 4.69) is 10.2 Å². The molecule has 1 atom stereocenters. The molecule has 0 N–H and O–H groups in total. The number of benzene rings is 2. The van der Waals surface area contributed by atoms with Gasteiger partial charge in [-0.1, -0.05) is 23.7 Å². The van der Waals surface area contributed by atoms with Crippen LogP contribution in [0.1, 0.15) is 81.7 Å². The van der Waals surface area contributed by atoms with Gasteiger partial charge in [0, 0.05) is 48.6 Å². The van der Waals surface area contributed by atoms with Crippen LogP contribution in [-0.2, 0) is 47.5 Å². The van der Waals surface area contributed by atoms with Crippen molar-refractivity contribution in [1.82, 2.24) is 14.8 Å². The van der Waals surface area contributed by atoms with Crippen molar-refractivity contribution in [2.75, 3.05) is 99.6 Å². The van der Waals surface area contributed by atoms with E-state index in [4.69, 9.17) is 59.2 Å². The van der Waals surface area contributed by atoms with Gasteiger partial charge in [0.05, 0.1) is 97.8 Å². The van der Waals surface area contributed by atoms with Gasteiger partial charge in [-0.3, -0.25) is 19.1 Å². The van der Waals surface area contributed by atoms with Crippen LogP contribution in [0, 0.1) is 6.92 Å². The second kappa shape index (κ2) is 26.4. The predicted octanol–water partition coefficient (Wildman–Crippen LogP) is 6.11. The fourth-order valence-electron chi connectivity index (χ4n) is 6.00. The summed E-state index contributed by atoms with van der Waals surface area (Å²) in [5.74, 6) is 1.86. The molecule has 0 saturated heterocycles. The van der Waals surface area contributed by atoms with Crippen molar-refractivity contribution >= 4 is 29.1 Å². The number of hydrogen-bond donors (Lipinski definition) is 0. The maximum Gasteiger partial charge on any atom is 0.306 e. The lowest BCUT2D eigenvalue weighted by atomic mass is 9.99. The minimum Gasteiger partial charge on any atom is -0.497 e. The van der Waals surface area contributed by atoms with Gasteiger partial charge < -0.3 is 42.6 Å². The van der Waals surface area contributed by atoms with E-state index < -0.39 is 11.6 Å². The highest BCUT2D eigenvalue weighted by molar-refractivity contribution is 6.30.